The van der Waals surface area contributed by atoms with E-state index < -0.39 is 5.41 Å². The molecule has 0 aromatic rings. The predicted molar refractivity (Wildman–Crippen MR) is 94.0 cm³/mol. The number of hydrogen-bond acceptors (Lipinski definition) is 2. The van der Waals surface area contributed by atoms with Crippen molar-refractivity contribution in [2.75, 3.05) is 0 Å². The van der Waals surface area contributed by atoms with Gasteiger partial charge in [0.05, 0.1) is 5.41 Å². The highest BCUT2D eigenvalue weighted by Gasteiger charge is 2.62. The average molecular weight is 324 g/mol. The Morgan fingerprint density at radius 2 is 1.96 bits per heavy atom. The van der Waals surface area contributed by atoms with E-state index in [0.29, 0.717) is 17.8 Å². The number of rotatable bonds is 2. The van der Waals surface area contributed by atoms with Crippen LogP contribution in [0.4, 0.5) is 0 Å². The second-order valence-corrected chi connectivity index (χ2v) is 8.93. The Balaban J connectivity index is 1.63. The number of hydrogen-bond donors (Lipinski definition) is 0. The summed E-state index contributed by atoms with van der Waals surface area (Å²) < 4.78 is 0. The van der Waals surface area contributed by atoms with Crippen LogP contribution < -0.4 is 0 Å². The largest absolute Gasteiger partial charge is 0.303 e. The summed E-state index contributed by atoms with van der Waals surface area (Å²) in [5.41, 5.74) is 1.01. The van der Waals surface area contributed by atoms with Crippen LogP contribution >= 0.6 is 0 Å². The third-order valence-corrected chi connectivity index (χ3v) is 8.38. The molecule has 0 aromatic carbocycles. The van der Waals surface area contributed by atoms with Crippen molar-refractivity contribution in [2.24, 2.45) is 40.4 Å². The topological polar surface area (TPSA) is 34.1 Å². The van der Waals surface area contributed by atoms with Gasteiger partial charge in [0.15, 0.2) is 0 Å². The zero-order valence-corrected chi connectivity index (χ0v) is 14.7. The van der Waals surface area contributed by atoms with Crippen molar-refractivity contribution in [3.05, 3.63) is 11.6 Å². The summed E-state index contributed by atoms with van der Waals surface area (Å²) in [6, 6.07) is 0. The molecule has 4 aliphatic rings. The minimum Gasteiger partial charge on any atom is -0.303 e. The number of carbonyl (C=O) groups excluding carboxylic acids is 2. The molecule has 128 valence electrons. The highest BCUT2D eigenvalue weighted by molar-refractivity contribution is 5.67. The smallest absolute Gasteiger partial charge is 0.138 e. The first-order valence-corrected chi connectivity index (χ1v) is 9.68. The van der Waals surface area contributed by atoms with Crippen molar-refractivity contribution >= 4 is 12.6 Å². The van der Waals surface area contributed by atoms with Crippen LogP contribution in [-0.2, 0) is 9.59 Å². The number of allylic oxidation sites excluding steroid dienone is 2. The number of fused-ring (bicyclic) bond motifs is 5. The van der Waals surface area contributed by atoms with E-state index in [2.05, 4.69) is 18.9 Å². The summed E-state index contributed by atoms with van der Waals surface area (Å²) in [7, 11) is 0. The average Bonchev–Trinajstić information content (AvgIpc) is 2.93. The Morgan fingerprint density at radius 1 is 1.12 bits per heavy atom. The Labute approximate surface area is 145 Å². The molecule has 1 unspecified atom stereocenters. The van der Waals surface area contributed by atoms with Gasteiger partial charge >= 0.3 is 0 Å². The maximum Gasteiger partial charge on any atom is 0.138 e. The molecule has 0 heterocycles. The van der Waals surface area contributed by atoms with Crippen LogP contribution in [0.3, 0.4) is 0 Å². The quantitative estimate of drug-likeness (QED) is 0.433. The van der Waals surface area contributed by atoms with E-state index in [4.69, 9.17) is 6.42 Å². The van der Waals surface area contributed by atoms with Gasteiger partial charge in [0.25, 0.3) is 0 Å². The molecule has 2 nitrogen and oxygen atoms in total. The summed E-state index contributed by atoms with van der Waals surface area (Å²) in [6.07, 6.45) is 19.2. The van der Waals surface area contributed by atoms with E-state index in [0.717, 1.165) is 50.6 Å². The lowest BCUT2D eigenvalue weighted by Crippen LogP contribution is -2.49. The Hall–Kier alpha value is -1.36. The van der Waals surface area contributed by atoms with Crippen LogP contribution in [0, 0.1) is 52.8 Å². The van der Waals surface area contributed by atoms with Gasteiger partial charge in [-0.1, -0.05) is 24.5 Å². The minimum atomic E-state index is -0.534. The third-order valence-electron chi connectivity index (χ3n) is 8.38. The summed E-state index contributed by atoms with van der Waals surface area (Å²) in [6.45, 7) is 2.30. The molecule has 0 radical (unpaired) electrons. The van der Waals surface area contributed by atoms with Gasteiger partial charge in [-0.05, 0) is 80.5 Å². The molecule has 24 heavy (non-hydrogen) atoms. The maximum absolute atomic E-state index is 11.9. The summed E-state index contributed by atoms with van der Waals surface area (Å²) in [4.78, 5) is 23.0. The molecule has 0 aliphatic heterocycles. The summed E-state index contributed by atoms with van der Waals surface area (Å²) >= 11 is 0. The standard InChI is InChI=1S/C22H28O2/c1-3-22(14-24)11-9-20-19-7-5-16-12-15(13-23)4-6-17(16)18(19)8-10-21(20,22)2/h1,12-15,17-20H,4-11H2,2H3/t15?,17-,18+,19+,20-,21-,22+/m0/s1. The fourth-order valence-corrected chi connectivity index (χ4v) is 7.01. The minimum absolute atomic E-state index is 0.00805. The van der Waals surface area contributed by atoms with Crippen molar-refractivity contribution < 1.29 is 9.59 Å². The fraction of sp³-hybridized carbons (Fsp3) is 0.727. The van der Waals surface area contributed by atoms with Crippen LogP contribution in [-0.4, -0.2) is 12.6 Å². The van der Waals surface area contributed by atoms with Crippen molar-refractivity contribution in [3.63, 3.8) is 0 Å². The van der Waals surface area contributed by atoms with E-state index in [9.17, 15) is 9.59 Å². The molecular weight excluding hydrogens is 296 g/mol. The van der Waals surface area contributed by atoms with Crippen LogP contribution in [0.25, 0.3) is 0 Å². The van der Waals surface area contributed by atoms with E-state index >= 15 is 0 Å². The second kappa shape index (κ2) is 5.58. The van der Waals surface area contributed by atoms with E-state index in [-0.39, 0.29) is 11.3 Å². The highest BCUT2D eigenvalue weighted by atomic mass is 16.1. The van der Waals surface area contributed by atoms with Gasteiger partial charge in [-0.15, -0.1) is 6.42 Å². The molecule has 4 rings (SSSR count). The summed E-state index contributed by atoms with van der Waals surface area (Å²) in [5, 5.41) is 0. The van der Waals surface area contributed by atoms with Gasteiger partial charge in [0, 0.05) is 5.92 Å². The van der Waals surface area contributed by atoms with Crippen LogP contribution in [0.1, 0.15) is 58.3 Å². The molecule has 3 fully saturated rings. The van der Waals surface area contributed by atoms with Crippen LogP contribution in [0.15, 0.2) is 11.6 Å². The number of terminal acetylenes is 1. The van der Waals surface area contributed by atoms with Gasteiger partial charge in [-0.25, -0.2) is 0 Å². The zero-order valence-electron chi connectivity index (χ0n) is 14.7. The third kappa shape index (κ3) is 1.97. The molecule has 3 saturated carbocycles. The van der Waals surface area contributed by atoms with Gasteiger partial charge in [-0.3, -0.25) is 0 Å². The van der Waals surface area contributed by atoms with Crippen LogP contribution in [0.2, 0.25) is 0 Å². The molecule has 7 atom stereocenters. The molecule has 0 saturated heterocycles. The first-order valence-electron chi connectivity index (χ1n) is 9.68. The molecule has 0 aromatic heterocycles. The van der Waals surface area contributed by atoms with E-state index in [1.54, 1.807) is 5.57 Å². The Bertz CT molecular complexity index is 626. The van der Waals surface area contributed by atoms with E-state index in [1.165, 1.54) is 19.3 Å². The molecule has 0 amide bonds. The van der Waals surface area contributed by atoms with Crippen LogP contribution in [0.5, 0.6) is 0 Å². The molecule has 2 heteroatoms. The Morgan fingerprint density at radius 3 is 2.67 bits per heavy atom. The SMILES string of the molecule is C#C[C@]1(C=O)CC[C@H]2[C@@H]3CCC4=CC(C=O)CC[C@@H]4[C@H]3CC[C@@]21C. The molecule has 0 bridgehead atoms. The van der Waals surface area contributed by atoms with Crippen molar-refractivity contribution in [1.82, 2.24) is 0 Å². The lowest BCUT2D eigenvalue weighted by molar-refractivity contribution is -0.122. The molecule has 4 aliphatic carbocycles. The summed E-state index contributed by atoms with van der Waals surface area (Å²) in [5.74, 6) is 5.81. The zero-order chi connectivity index (χ0) is 16.9. The monoisotopic (exact) mass is 324 g/mol. The van der Waals surface area contributed by atoms with Gasteiger partial charge in [0.2, 0.25) is 0 Å². The van der Waals surface area contributed by atoms with Crippen molar-refractivity contribution in [1.29, 1.82) is 0 Å². The maximum atomic E-state index is 11.9. The first-order chi connectivity index (χ1) is 11.6. The molecular formula is C22H28O2. The highest BCUT2D eigenvalue weighted by Crippen LogP contribution is 2.67. The fourth-order valence-electron chi connectivity index (χ4n) is 7.01. The lowest BCUT2D eigenvalue weighted by atomic mass is 9.49. The number of carbonyl (C=O) groups is 2. The molecule has 0 spiro atoms. The van der Waals surface area contributed by atoms with Gasteiger partial charge < -0.3 is 9.59 Å². The second-order valence-electron chi connectivity index (χ2n) is 8.93. The Kier molecular flexibility index (Phi) is 3.75. The molecule has 0 N–H and O–H groups in total. The normalized spacial score (nSPS) is 49.8. The van der Waals surface area contributed by atoms with Crippen molar-refractivity contribution in [3.8, 4) is 12.3 Å². The van der Waals surface area contributed by atoms with E-state index in [1.807, 2.05) is 0 Å². The van der Waals surface area contributed by atoms with Crippen molar-refractivity contribution in [2.45, 2.75) is 58.3 Å². The number of aldehydes is 2. The first kappa shape index (κ1) is 16.1. The van der Waals surface area contributed by atoms with Gasteiger partial charge in [0.1, 0.15) is 12.6 Å². The predicted octanol–water partition coefficient (Wildman–Crippen LogP) is 4.19. The van der Waals surface area contributed by atoms with Gasteiger partial charge in [-0.2, -0.15) is 0 Å². The lowest BCUT2D eigenvalue weighted by Gasteiger charge is -2.55.